The maximum Gasteiger partial charge on any atom is -0.0238 e. The first kappa shape index (κ1) is 26.3. The molecule has 0 heterocycles. The molecule has 0 aliphatic carbocycles. The van der Waals surface area contributed by atoms with Gasteiger partial charge in [-0.1, -0.05) is 135 Å². The summed E-state index contributed by atoms with van der Waals surface area (Å²) in [6.45, 7) is 8.82. The van der Waals surface area contributed by atoms with Crippen molar-refractivity contribution in [1.29, 1.82) is 0 Å². The number of benzene rings is 1. The lowest BCUT2D eigenvalue weighted by molar-refractivity contribution is 0.563. The summed E-state index contributed by atoms with van der Waals surface area (Å²) in [5.41, 5.74) is 4.25. The monoisotopic (exact) mass is 399 g/mol. The molecule has 0 aliphatic rings. The molecule has 1 rings (SSSR count). The molecule has 0 fully saturated rings. The Hall–Kier alpha value is -0.780. The molecule has 0 aromatic heterocycles. The topological polar surface area (TPSA) is 0 Å². The Morgan fingerprint density at radius 3 is 1.10 bits per heavy atom. The molecular formula is C29H51. The molecule has 0 aliphatic heterocycles. The van der Waals surface area contributed by atoms with Crippen molar-refractivity contribution in [2.45, 2.75) is 142 Å². The molecule has 1 radical (unpaired) electrons. The van der Waals surface area contributed by atoms with Crippen molar-refractivity contribution < 1.29 is 0 Å². The Morgan fingerprint density at radius 2 is 0.759 bits per heavy atom. The maximum atomic E-state index is 4.23. The Balaban J connectivity index is 2.09. The molecule has 167 valence electrons. The molecule has 1 aromatic rings. The molecule has 0 unspecified atom stereocenters. The Bertz CT molecular complexity index is 433. The van der Waals surface area contributed by atoms with Crippen LogP contribution >= 0.6 is 0 Å². The van der Waals surface area contributed by atoms with E-state index in [-0.39, 0.29) is 0 Å². The van der Waals surface area contributed by atoms with Crippen LogP contribution in [0.15, 0.2) is 18.2 Å². The molecule has 29 heavy (non-hydrogen) atoms. The van der Waals surface area contributed by atoms with Crippen molar-refractivity contribution in [1.82, 2.24) is 0 Å². The van der Waals surface area contributed by atoms with E-state index < -0.39 is 0 Å². The first-order valence-electron chi connectivity index (χ1n) is 13.2. The zero-order valence-corrected chi connectivity index (χ0v) is 20.1. The Labute approximate surface area is 184 Å². The molecule has 0 saturated carbocycles. The van der Waals surface area contributed by atoms with Crippen LogP contribution in [0.1, 0.15) is 146 Å². The minimum Gasteiger partial charge on any atom is -0.0654 e. The lowest BCUT2D eigenvalue weighted by Gasteiger charge is -2.08. The third-order valence-corrected chi connectivity index (χ3v) is 6.25. The van der Waals surface area contributed by atoms with E-state index in [0.29, 0.717) is 0 Å². The number of unbranched alkanes of at least 4 members (excludes halogenated alkanes) is 16. The van der Waals surface area contributed by atoms with Crippen LogP contribution in [0.25, 0.3) is 0 Å². The SMILES string of the molecule is [CH2]c1cc(CCCCCCCCCCC)cc(CCCCCCCCCCC)c1. The van der Waals surface area contributed by atoms with E-state index >= 15 is 0 Å². The summed E-state index contributed by atoms with van der Waals surface area (Å²) < 4.78 is 0. The van der Waals surface area contributed by atoms with Gasteiger partial charge in [0, 0.05) is 0 Å². The van der Waals surface area contributed by atoms with Crippen LogP contribution in [0.2, 0.25) is 0 Å². The molecular weight excluding hydrogens is 348 g/mol. The normalized spacial score (nSPS) is 11.3. The van der Waals surface area contributed by atoms with Gasteiger partial charge in [-0.05, 0) is 49.3 Å². The number of hydrogen-bond acceptors (Lipinski definition) is 0. The summed E-state index contributed by atoms with van der Waals surface area (Å²) >= 11 is 0. The molecule has 0 heteroatoms. The fourth-order valence-electron chi connectivity index (χ4n) is 4.41. The van der Waals surface area contributed by atoms with Gasteiger partial charge in [0.05, 0.1) is 0 Å². The van der Waals surface area contributed by atoms with E-state index in [0.717, 1.165) is 0 Å². The van der Waals surface area contributed by atoms with Gasteiger partial charge in [0.25, 0.3) is 0 Å². The minimum absolute atomic E-state index is 1.21. The zero-order chi connectivity index (χ0) is 21.0. The molecule has 0 atom stereocenters. The van der Waals surface area contributed by atoms with E-state index in [2.05, 4.69) is 39.0 Å². The lowest BCUT2D eigenvalue weighted by Crippen LogP contribution is -1.93. The standard InChI is InChI=1S/C29H51/c1-4-6-8-10-12-14-16-18-20-22-28-24-27(3)25-29(26-28)23-21-19-17-15-13-11-9-7-5-2/h24-26H,3-23H2,1-2H3. The van der Waals surface area contributed by atoms with Gasteiger partial charge in [-0.15, -0.1) is 0 Å². The second-order valence-corrected chi connectivity index (χ2v) is 9.31. The summed E-state index contributed by atoms with van der Waals surface area (Å²) in [7, 11) is 0. The van der Waals surface area contributed by atoms with Crippen molar-refractivity contribution in [3.8, 4) is 0 Å². The second-order valence-electron chi connectivity index (χ2n) is 9.31. The molecule has 0 amide bonds. The average molecular weight is 400 g/mol. The molecule has 0 N–H and O–H groups in total. The van der Waals surface area contributed by atoms with Crippen LogP contribution in [-0.4, -0.2) is 0 Å². The quantitative estimate of drug-likeness (QED) is 0.191. The predicted molar refractivity (Wildman–Crippen MR) is 133 cm³/mol. The van der Waals surface area contributed by atoms with Gasteiger partial charge < -0.3 is 0 Å². The van der Waals surface area contributed by atoms with E-state index in [1.54, 1.807) is 0 Å². The minimum atomic E-state index is 1.21. The van der Waals surface area contributed by atoms with Crippen LogP contribution in [-0.2, 0) is 12.8 Å². The van der Waals surface area contributed by atoms with E-state index in [4.69, 9.17) is 0 Å². The maximum absolute atomic E-state index is 4.23. The summed E-state index contributed by atoms with van der Waals surface area (Å²) in [5, 5.41) is 0. The van der Waals surface area contributed by atoms with Crippen LogP contribution < -0.4 is 0 Å². The first-order valence-corrected chi connectivity index (χ1v) is 13.2. The molecule has 1 aromatic carbocycles. The summed E-state index contributed by atoms with van der Waals surface area (Å²) in [4.78, 5) is 0. The molecule has 0 spiro atoms. The van der Waals surface area contributed by atoms with E-state index in [1.165, 1.54) is 145 Å². The van der Waals surface area contributed by atoms with Gasteiger partial charge in [0.15, 0.2) is 0 Å². The van der Waals surface area contributed by atoms with Crippen molar-refractivity contribution >= 4 is 0 Å². The first-order chi connectivity index (χ1) is 14.3. The highest BCUT2D eigenvalue weighted by molar-refractivity contribution is 5.32. The third kappa shape index (κ3) is 15.7. The Kier molecular flexibility index (Phi) is 17.4. The van der Waals surface area contributed by atoms with Crippen molar-refractivity contribution in [2.24, 2.45) is 0 Å². The zero-order valence-electron chi connectivity index (χ0n) is 20.1. The molecule has 0 nitrogen and oxygen atoms in total. The van der Waals surface area contributed by atoms with E-state index in [1.807, 2.05) is 0 Å². The van der Waals surface area contributed by atoms with Crippen molar-refractivity contribution in [2.75, 3.05) is 0 Å². The number of rotatable bonds is 20. The second kappa shape index (κ2) is 19.2. The van der Waals surface area contributed by atoms with Crippen LogP contribution in [0, 0.1) is 6.92 Å². The fraction of sp³-hybridized carbons (Fsp3) is 0.759. The highest BCUT2D eigenvalue weighted by Gasteiger charge is 2.01. The van der Waals surface area contributed by atoms with E-state index in [9.17, 15) is 0 Å². The Morgan fingerprint density at radius 1 is 0.448 bits per heavy atom. The molecule has 0 bridgehead atoms. The predicted octanol–water partition coefficient (Wildman–Crippen LogP) is 10.0. The van der Waals surface area contributed by atoms with Gasteiger partial charge in [-0.3, -0.25) is 0 Å². The highest BCUT2D eigenvalue weighted by Crippen LogP contribution is 2.17. The van der Waals surface area contributed by atoms with Crippen LogP contribution in [0.5, 0.6) is 0 Å². The van der Waals surface area contributed by atoms with Gasteiger partial charge in [-0.25, -0.2) is 0 Å². The third-order valence-electron chi connectivity index (χ3n) is 6.25. The van der Waals surface area contributed by atoms with Gasteiger partial charge in [0.2, 0.25) is 0 Å². The largest absolute Gasteiger partial charge is 0.0654 e. The molecule has 0 saturated heterocycles. The van der Waals surface area contributed by atoms with Crippen molar-refractivity contribution in [3.05, 3.63) is 41.8 Å². The fourth-order valence-corrected chi connectivity index (χ4v) is 4.41. The summed E-state index contributed by atoms with van der Waals surface area (Å²) in [6, 6.07) is 7.08. The van der Waals surface area contributed by atoms with Gasteiger partial charge in [0.1, 0.15) is 0 Å². The van der Waals surface area contributed by atoms with Crippen molar-refractivity contribution in [3.63, 3.8) is 0 Å². The van der Waals surface area contributed by atoms with Crippen LogP contribution in [0.3, 0.4) is 0 Å². The smallest absolute Gasteiger partial charge is 0.0238 e. The highest BCUT2D eigenvalue weighted by atomic mass is 14.1. The summed E-state index contributed by atoms with van der Waals surface area (Å²) in [6.07, 6.45) is 27.8. The van der Waals surface area contributed by atoms with Gasteiger partial charge in [-0.2, -0.15) is 0 Å². The summed E-state index contributed by atoms with van der Waals surface area (Å²) in [5.74, 6) is 0. The number of aryl methyl sites for hydroxylation is 2. The van der Waals surface area contributed by atoms with Gasteiger partial charge >= 0.3 is 0 Å². The number of hydrogen-bond donors (Lipinski definition) is 0. The lowest BCUT2D eigenvalue weighted by atomic mass is 9.97. The van der Waals surface area contributed by atoms with Crippen LogP contribution in [0.4, 0.5) is 0 Å². The average Bonchev–Trinajstić information content (AvgIpc) is 2.71.